The quantitative estimate of drug-likeness (QED) is 0.872. The van der Waals surface area contributed by atoms with Crippen molar-refractivity contribution in [2.45, 2.75) is 32.0 Å². The monoisotopic (exact) mass is 267 g/mol. The van der Waals surface area contributed by atoms with Crippen LogP contribution in [0.5, 0.6) is 0 Å². The standard InChI is InChI=1S/C17H21N3/c1-20(13-14-6-3-2-4-7-14)17-15(8-5-11-18-17)12-19-16-9-10-16/h2-8,11,16,19H,9-10,12-13H2,1H3. The number of pyridine rings is 1. The molecule has 1 aliphatic carbocycles. The van der Waals surface area contributed by atoms with E-state index in [4.69, 9.17) is 0 Å². The Balaban J connectivity index is 1.71. The van der Waals surface area contributed by atoms with Crippen molar-refractivity contribution in [3.05, 3.63) is 59.8 Å². The Morgan fingerprint density at radius 1 is 1.15 bits per heavy atom. The van der Waals surface area contributed by atoms with Crippen molar-refractivity contribution in [1.82, 2.24) is 10.3 Å². The van der Waals surface area contributed by atoms with Gasteiger partial charge in [0.05, 0.1) is 0 Å². The summed E-state index contributed by atoms with van der Waals surface area (Å²) in [7, 11) is 2.11. The summed E-state index contributed by atoms with van der Waals surface area (Å²) in [6.45, 7) is 1.79. The average Bonchev–Trinajstić information content (AvgIpc) is 3.31. The zero-order chi connectivity index (χ0) is 13.8. The molecule has 0 amide bonds. The highest BCUT2D eigenvalue weighted by Gasteiger charge is 2.21. The first kappa shape index (κ1) is 13.1. The Hall–Kier alpha value is -1.87. The number of rotatable bonds is 6. The summed E-state index contributed by atoms with van der Waals surface area (Å²) in [4.78, 5) is 6.78. The van der Waals surface area contributed by atoms with Crippen LogP contribution in [-0.4, -0.2) is 18.1 Å². The molecule has 104 valence electrons. The first-order chi connectivity index (χ1) is 9.83. The topological polar surface area (TPSA) is 28.2 Å². The minimum atomic E-state index is 0.725. The molecule has 3 rings (SSSR count). The van der Waals surface area contributed by atoms with E-state index >= 15 is 0 Å². The molecule has 2 aromatic rings. The van der Waals surface area contributed by atoms with Gasteiger partial charge in [0.25, 0.3) is 0 Å². The third kappa shape index (κ3) is 3.36. The highest BCUT2D eigenvalue weighted by molar-refractivity contribution is 5.46. The van der Waals surface area contributed by atoms with Crippen LogP contribution in [0.3, 0.4) is 0 Å². The maximum Gasteiger partial charge on any atom is 0.133 e. The van der Waals surface area contributed by atoms with E-state index in [1.807, 2.05) is 12.3 Å². The number of anilines is 1. The van der Waals surface area contributed by atoms with Crippen molar-refractivity contribution in [1.29, 1.82) is 0 Å². The van der Waals surface area contributed by atoms with E-state index in [-0.39, 0.29) is 0 Å². The van der Waals surface area contributed by atoms with E-state index in [1.165, 1.54) is 24.0 Å². The summed E-state index contributed by atoms with van der Waals surface area (Å²) in [5.74, 6) is 1.07. The maximum atomic E-state index is 4.56. The molecule has 1 fully saturated rings. The molecule has 3 nitrogen and oxygen atoms in total. The zero-order valence-corrected chi connectivity index (χ0v) is 11.9. The Morgan fingerprint density at radius 3 is 2.70 bits per heavy atom. The van der Waals surface area contributed by atoms with Crippen LogP contribution in [0.1, 0.15) is 24.0 Å². The van der Waals surface area contributed by atoms with E-state index in [0.717, 1.165) is 24.9 Å². The van der Waals surface area contributed by atoms with Gasteiger partial charge in [-0.15, -0.1) is 0 Å². The van der Waals surface area contributed by atoms with Crippen LogP contribution in [0.25, 0.3) is 0 Å². The lowest BCUT2D eigenvalue weighted by Crippen LogP contribution is -2.22. The molecular formula is C17H21N3. The molecular weight excluding hydrogens is 246 g/mol. The minimum absolute atomic E-state index is 0.725. The summed E-state index contributed by atoms with van der Waals surface area (Å²) in [6, 6.07) is 15.4. The summed E-state index contributed by atoms with van der Waals surface area (Å²) < 4.78 is 0. The molecule has 1 heterocycles. The SMILES string of the molecule is CN(Cc1ccccc1)c1ncccc1CNC1CC1. The van der Waals surface area contributed by atoms with Gasteiger partial charge >= 0.3 is 0 Å². The van der Waals surface area contributed by atoms with Crippen molar-refractivity contribution in [3.8, 4) is 0 Å². The van der Waals surface area contributed by atoms with Crippen molar-refractivity contribution in [2.24, 2.45) is 0 Å². The molecule has 3 heteroatoms. The molecule has 0 unspecified atom stereocenters. The van der Waals surface area contributed by atoms with Crippen molar-refractivity contribution >= 4 is 5.82 Å². The number of hydrogen-bond acceptors (Lipinski definition) is 3. The fourth-order valence-electron chi connectivity index (χ4n) is 2.39. The van der Waals surface area contributed by atoms with Gasteiger partial charge in [-0.2, -0.15) is 0 Å². The lowest BCUT2D eigenvalue weighted by molar-refractivity contribution is 0.683. The molecule has 1 N–H and O–H groups in total. The third-order valence-electron chi connectivity index (χ3n) is 3.65. The Bertz CT molecular complexity index is 549. The van der Waals surface area contributed by atoms with Crippen LogP contribution in [0.4, 0.5) is 5.82 Å². The second kappa shape index (κ2) is 6.06. The minimum Gasteiger partial charge on any atom is -0.355 e. The van der Waals surface area contributed by atoms with Crippen molar-refractivity contribution in [3.63, 3.8) is 0 Å². The normalized spacial score (nSPS) is 14.2. The average molecular weight is 267 g/mol. The van der Waals surface area contributed by atoms with Gasteiger partial charge in [0.2, 0.25) is 0 Å². The third-order valence-corrected chi connectivity index (χ3v) is 3.65. The maximum absolute atomic E-state index is 4.56. The fourth-order valence-corrected chi connectivity index (χ4v) is 2.39. The molecule has 0 bridgehead atoms. The van der Waals surface area contributed by atoms with Gasteiger partial charge in [-0.3, -0.25) is 0 Å². The second-order valence-electron chi connectivity index (χ2n) is 5.48. The summed E-state index contributed by atoms with van der Waals surface area (Å²) >= 11 is 0. The fraction of sp³-hybridized carbons (Fsp3) is 0.353. The van der Waals surface area contributed by atoms with E-state index in [0.29, 0.717) is 0 Å². The zero-order valence-electron chi connectivity index (χ0n) is 11.9. The Labute approximate surface area is 120 Å². The highest BCUT2D eigenvalue weighted by atomic mass is 15.2. The number of hydrogen-bond donors (Lipinski definition) is 1. The molecule has 1 saturated carbocycles. The van der Waals surface area contributed by atoms with Crippen LogP contribution in [0.2, 0.25) is 0 Å². The first-order valence-corrected chi connectivity index (χ1v) is 7.25. The number of nitrogens with one attached hydrogen (secondary N) is 1. The van der Waals surface area contributed by atoms with E-state index in [9.17, 15) is 0 Å². The van der Waals surface area contributed by atoms with Crippen LogP contribution in [0.15, 0.2) is 48.7 Å². The van der Waals surface area contributed by atoms with Gasteiger partial charge in [-0.05, 0) is 24.5 Å². The molecule has 0 radical (unpaired) electrons. The molecule has 1 aliphatic rings. The number of aromatic nitrogens is 1. The lowest BCUT2D eigenvalue weighted by atomic mass is 10.2. The molecule has 1 aromatic carbocycles. The van der Waals surface area contributed by atoms with Gasteiger partial charge in [-0.25, -0.2) is 4.98 Å². The van der Waals surface area contributed by atoms with Crippen LogP contribution < -0.4 is 10.2 Å². The molecule has 0 atom stereocenters. The van der Waals surface area contributed by atoms with Gasteiger partial charge in [0.15, 0.2) is 0 Å². The van der Waals surface area contributed by atoms with Crippen molar-refractivity contribution in [2.75, 3.05) is 11.9 Å². The first-order valence-electron chi connectivity index (χ1n) is 7.25. The van der Waals surface area contributed by atoms with Gasteiger partial charge in [-0.1, -0.05) is 36.4 Å². The predicted octanol–water partition coefficient (Wildman–Crippen LogP) is 2.97. The van der Waals surface area contributed by atoms with Crippen LogP contribution in [-0.2, 0) is 13.1 Å². The largest absolute Gasteiger partial charge is 0.355 e. The smallest absolute Gasteiger partial charge is 0.133 e. The van der Waals surface area contributed by atoms with E-state index < -0.39 is 0 Å². The van der Waals surface area contributed by atoms with Gasteiger partial charge in [0, 0.05) is 37.9 Å². The highest BCUT2D eigenvalue weighted by Crippen LogP contribution is 2.22. The Kier molecular flexibility index (Phi) is 3.97. The lowest BCUT2D eigenvalue weighted by Gasteiger charge is -2.21. The summed E-state index contributed by atoms with van der Waals surface area (Å²) in [5.41, 5.74) is 2.58. The van der Waals surface area contributed by atoms with E-state index in [2.05, 4.69) is 58.6 Å². The Morgan fingerprint density at radius 2 is 1.95 bits per heavy atom. The molecule has 0 spiro atoms. The molecule has 0 saturated heterocycles. The molecule has 1 aromatic heterocycles. The van der Waals surface area contributed by atoms with Crippen LogP contribution >= 0.6 is 0 Å². The second-order valence-corrected chi connectivity index (χ2v) is 5.48. The van der Waals surface area contributed by atoms with Gasteiger partial charge < -0.3 is 10.2 Å². The predicted molar refractivity (Wildman–Crippen MR) is 82.6 cm³/mol. The number of nitrogens with zero attached hydrogens (tertiary/aromatic N) is 2. The van der Waals surface area contributed by atoms with Crippen molar-refractivity contribution < 1.29 is 0 Å². The van der Waals surface area contributed by atoms with E-state index in [1.54, 1.807) is 0 Å². The number of benzene rings is 1. The summed E-state index contributed by atoms with van der Waals surface area (Å²) in [6.07, 6.45) is 4.50. The summed E-state index contributed by atoms with van der Waals surface area (Å²) in [5, 5.41) is 3.57. The molecule has 20 heavy (non-hydrogen) atoms. The van der Waals surface area contributed by atoms with Gasteiger partial charge in [0.1, 0.15) is 5.82 Å². The molecule has 0 aliphatic heterocycles. The van der Waals surface area contributed by atoms with Crippen LogP contribution in [0, 0.1) is 0 Å².